The van der Waals surface area contributed by atoms with Gasteiger partial charge in [-0.1, -0.05) is 77.8 Å². The monoisotopic (exact) mass is 1050 g/mol. The van der Waals surface area contributed by atoms with Crippen molar-refractivity contribution in [1.82, 2.24) is 36.4 Å². The highest BCUT2D eigenvalue weighted by molar-refractivity contribution is 5.98. The second-order valence-electron chi connectivity index (χ2n) is 20.4. The molecule has 15 N–H and O–H groups in total. The van der Waals surface area contributed by atoms with Crippen molar-refractivity contribution >= 4 is 47.3 Å². The fraction of sp³-hybridized carbons (Fsp3) is 0.720. The zero-order chi connectivity index (χ0) is 55.0. The van der Waals surface area contributed by atoms with E-state index < -0.39 is 152 Å². The topological polar surface area (TPSA) is 391 Å². The summed E-state index contributed by atoms with van der Waals surface area (Å²) >= 11 is 0. The molecule has 0 saturated carbocycles. The van der Waals surface area contributed by atoms with Gasteiger partial charge >= 0.3 is 0 Å². The van der Waals surface area contributed by atoms with Crippen LogP contribution in [0.2, 0.25) is 0 Å². The summed E-state index contributed by atoms with van der Waals surface area (Å²) in [5.41, 5.74) is 5.24. The second kappa shape index (κ2) is 29.0. The zero-order valence-corrected chi connectivity index (χ0v) is 42.8. The minimum absolute atomic E-state index is 0.00775. The van der Waals surface area contributed by atoms with Crippen molar-refractivity contribution in [3.8, 4) is 5.75 Å². The van der Waals surface area contributed by atoms with Crippen LogP contribution < -0.4 is 32.3 Å². The van der Waals surface area contributed by atoms with Crippen LogP contribution in [-0.4, -0.2) is 184 Å². The van der Waals surface area contributed by atoms with Crippen LogP contribution in [0.15, 0.2) is 24.3 Å². The van der Waals surface area contributed by atoms with Gasteiger partial charge in [0, 0.05) is 25.9 Å². The predicted octanol–water partition coefficient (Wildman–Crippen LogP) is -2.31. The van der Waals surface area contributed by atoms with Gasteiger partial charge in [-0.2, -0.15) is 0 Å². The van der Waals surface area contributed by atoms with Gasteiger partial charge in [0.15, 0.2) is 0 Å². The van der Waals surface area contributed by atoms with Crippen LogP contribution in [-0.2, 0) is 38.4 Å². The van der Waals surface area contributed by atoms with Gasteiger partial charge < -0.3 is 83.0 Å². The van der Waals surface area contributed by atoms with E-state index in [0.717, 1.165) is 73.8 Å². The summed E-state index contributed by atoms with van der Waals surface area (Å²) in [5, 5.41) is 99.5. The number of aliphatic hydroxyl groups excluding tert-OH is 7. The first kappa shape index (κ1) is 61.1. The minimum Gasteiger partial charge on any atom is -0.508 e. The van der Waals surface area contributed by atoms with Crippen molar-refractivity contribution in [3.63, 3.8) is 0 Å². The standard InChI is InChI=1S/C50H80N8O16/c1-5-26(2)22-27(3)12-10-8-6-7-9-11-13-37(65)52-32-18-19-38(66)53-48(72)42-34(62)20-21-57(42)50(74)40(35(63)24-36(51)64)55-47(71)41(44(68)43(67)29-14-16-30(60)17-15-29)56-46(70)33-23-31(61)25-58(33)49(73)39(28(4)59)54-45(32)69/h14-17,26-28,31-35,38-44,59-63,66-68H,5-13,18-25H2,1-4H3,(H2,51,64)(H,52,65)(H,53,72)(H,54,69)(H,55,71)(H,56,70). The zero-order valence-electron chi connectivity index (χ0n) is 42.8. The minimum atomic E-state index is -2.34. The fourth-order valence-corrected chi connectivity index (χ4v) is 9.78. The molecular formula is C50H80N8O16. The highest BCUT2D eigenvalue weighted by Crippen LogP contribution is 2.27. The van der Waals surface area contributed by atoms with Crippen molar-refractivity contribution in [3.05, 3.63) is 29.8 Å². The average molecular weight is 1050 g/mol. The lowest BCUT2D eigenvalue weighted by Crippen LogP contribution is -2.64. The lowest BCUT2D eigenvalue weighted by molar-refractivity contribution is -0.149. The van der Waals surface area contributed by atoms with E-state index in [4.69, 9.17) is 5.73 Å². The lowest BCUT2D eigenvalue weighted by atomic mass is 9.91. The molecule has 8 amide bonds. The van der Waals surface area contributed by atoms with E-state index in [1.165, 1.54) is 18.6 Å². The van der Waals surface area contributed by atoms with Crippen LogP contribution in [0.25, 0.3) is 0 Å². The number of aliphatic hydroxyl groups is 7. The number of phenolic OH excluding ortho intramolecular Hbond substituents is 1. The number of fused-ring (bicyclic) bond motifs is 2. The molecule has 15 atom stereocenters. The first-order valence-corrected chi connectivity index (χ1v) is 25.9. The summed E-state index contributed by atoms with van der Waals surface area (Å²) in [5.74, 6) is -7.87. The Morgan fingerprint density at radius 3 is 1.97 bits per heavy atom. The molecule has 0 bridgehead atoms. The Kier molecular flexibility index (Phi) is 23.9. The number of amides is 8. The summed E-state index contributed by atoms with van der Waals surface area (Å²) in [4.78, 5) is 112. The van der Waals surface area contributed by atoms with Crippen molar-refractivity contribution in [2.45, 2.75) is 203 Å². The number of hydrogen-bond donors (Lipinski definition) is 14. The number of nitrogens with one attached hydrogen (secondary N) is 5. The number of carbonyl (C=O) groups is 8. The molecule has 0 radical (unpaired) electrons. The molecule has 74 heavy (non-hydrogen) atoms. The quantitative estimate of drug-likeness (QED) is 0.0610. The van der Waals surface area contributed by atoms with E-state index in [-0.39, 0.29) is 37.1 Å². The maximum Gasteiger partial charge on any atom is 0.248 e. The van der Waals surface area contributed by atoms with Crippen molar-refractivity contribution in [2.75, 3.05) is 13.1 Å². The van der Waals surface area contributed by atoms with Gasteiger partial charge in [-0.15, -0.1) is 0 Å². The van der Waals surface area contributed by atoms with Gasteiger partial charge in [-0.05, 0) is 68.6 Å². The van der Waals surface area contributed by atoms with Gasteiger partial charge in [0.25, 0.3) is 0 Å². The number of nitrogens with two attached hydrogens (primary N) is 1. The molecule has 0 aromatic heterocycles. The number of rotatable bonds is 20. The molecule has 3 aliphatic rings. The molecule has 24 heteroatoms. The molecule has 416 valence electrons. The van der Waals surface area contributed by atoms with Crippen LogP contribution in [0.1, 0.15) is 136 Å². The van der Waals surface area contributed by atoms with E-state index >= 15 is 0 Å². The number of unbranched alkanes of at least 4 members (excludes halogenated alkanes) is 5. The third kappa shape index (κ3) is 17.6. The van der Waals surface area contributed by atoms with Crippen molar-refractivity contribution < 1.29 is 79.2 Å². The summed E-state index contributed by atoms with van der Waals surface area (Å²) in [6, 6.07) is -6.70. The summed E-state index contributed by atoms with van der Waals surface area (Å²) in [7, 11) is 0. The Balaban J connectivity index is 1.67. The highest BCUT2D eigenvalue weighted by Gasteiger charge is 2.48. The van der Waals surface area contributed by atoms with Crippen LogP contribution in [0.3, 0.4) is 0 Å². The molecule has 1 aromatic rings. The van der Waals surface area contributed by atoms with Crippen LogP contribution in [0.4, 0.5) is 0 Å². The van der Waals surface area contributed by atoms with Gasteiger partial charge in [-0.3, -0.25) is 38.4 Å². The first-order valence-electron chi connectivity index (χ1n) is 25.9. The molecule has 15 unspecified atom stereocenters. The summed E-state index contributed by atoms with van der Waals surface area (Å²) < 4.78 is 0. The molecule has 4 rings (SSSR count). The largest absolute Gasteiger partial charge is 0.508 e. The number of primary amides is 1. The van der Waals surface area contributed by atoms with Gasteiger partial charge in [0.2, 0.25) is 47.3 Å². The Morgan fingerprint density at radius 1 is 0.730 bits per heavy atom. The number of carbonyl (C=O) groups excluding carboxylic acids is 8. The Bertz CT molecular complexity index is 2070. The van der Waals surface area contributed by atoms with E-state index in [2.05, 4.69) is 47.4 Å². The van der Waals surface area contributed by atoms with Gasteiger partial charge in [-0.25, -0.2) is 0 Å². The van der Waals surface area contributed by atoms with E-state index in [0.29, 0.717) is 18.3 Å². The average Bonchev–Trinajstić information content (AvgIpc) is 3.94. The highest BCUT2D eigenvalue weighted by atomic mass is 16.3. The smallest absolute Gasteiger partial charge is 0.248 e. The normalized spacial score (nSPS) is 28.2. The Hall–Kier alpha value is -5.50. The van der Waals surface area contributed by atoms with Crippen molar-refractivity contribution in [1.29, 1.82) is 0 Å². The molecular weight excluding hydrogens is 969 g/mol. The van der Waals surface area contributed by atoms with Gasteiger partial charge in [0.1, 0.15) is 60.4 Å². The number of phenols is 1. The molecule has 3 fully saturated rings. The molecule has 1 aromatic carbocycles. The number of hydrogen-bond acceptors (Lipinski definition) is 16. The summed E-state index contributed by atoms with van der Waals surface area (Å²) in [6.07, 6.45) is -6.75. The Labute approximate surface area is 431 Å². The lowest BCUT2D eigenvalue weighted by Gasteiger charge is -2.34. The van der Waals surface area contributed by atoms with Crippen LogP contribution >= 0.6 is 0 Å². The predicted molar refractivity (Wildman–Crippen MR) is 264 cm³/mol. The maximum absolute atomic E-state index is 14.4. The molecule has 0 aliphatic carbocycles. The van der Waals surface area contributed by atoms with Crippen LogP contribution in [0, 0.1) is 11.8 Å². The molecule has 3 heterocycles. The number of nitrogens with zero attached hydrogens (tertiary/aromatic N) is 2. The molecule has 0 spiro atoms. The van der Waals surface area contributed by atoms with Gasteiger partial charge in [0.05, 0.1) is 30.8 Å². The summed E-state index contributed by atoms with van der Waals surface area (Å²) in [6.45, 7) is 6.95. The fourth-order valence-electron chi connectivity index (χ4n) is 9.78. The molecule has 3 saturated heterocycles. The first-order chi connectivity index (χ1) is 34.9. The van der Waals surface area contributed by atoms with E-state index in [1.807, 2.05) is 0 Å². The second-order valence-corrected chi connectivity index (χ2v) is 20.4. The Morgan fingerprint density at radius 2 is 1.34 bits per heavy atom. The third-order valence-electron chi connectivity index (χ3n) is 14.2. The molecule has 24 nitrogen and oxygen atoms in total. The SMILES string of the molecule is CCC(C)CC(C)CCCCCCCCC(=O)NC1CCC(O)NC(=O)C2C(O)CCN2C(=O)C(C(O)CC(N)=O)NC(=O)C(C(O)C(O)c2ccc(O)cc2)NC(=O)C2CC(O)CN2C(=O)C(C(C)O)NC1=O. The van der Waals surface area contributed by atoms with E-state index in [1.54, 1.807) is 0 Å². The number of aromatic hydroxyl groups is 1. The number of benzene rings is 1. The third-order valence-corrected chi connectivity index (χ3v) is 14.2. The maximum atomic E-state index is 14.4. The molecule has 3 aliphatic heterocycles. The van der Waals surface area contributed by atoms with E-state index in [9.17, 15) is 79.2 Å². The van der Waals surface area contributed by atoms with Crippen molar-refractivity contribution in [2.24, 2.45) is 17.6 Å². The van der Waals surface area contributed by atoms with Crippen LogP contribution in [0.5, 0.6) is 5.75 Å².